The summed E-state index contributed by atoms with van der Waals surface area (Å²) in [6.07, 6.45) is 1.91. The summed E-state index contributed by atoms with van der Waals surface area (Å²) in [7, 11) is 0. The van der Waals surface area contributed by atoms with Crippen molar-refractivity contribution < 1.29 is 19.4 Å². The Morgan fingerprint density at radius 1 is 1.33 bits per heavy atom. The first-order chi connectivity index (χ1) is 9.77. The Morgan fingerprint density at radius 3 is 2.57 bits per heavy atom. The number of rotatable bonds is 4. The number of carboxylic acids is 1. The van der Waals surface area contributed by atoms with Crippen molar-refractivity contribution in [3.05, 3.63) is 34.9 Å². The van der Waals surface area contributed by atoms with Gasteiger partial charge in [0.25, 0.3) is 5.91 Å². The largest absolute Gasteiger partial charge is 0.478 e. The first kappa shape index (κ1) is 15.5. The van der Waals surface area contributed by atoms with Crippen LogP contribution >= 0.6 is 0 Å². The normalized spacial score (nSPS) is 20.2. The van der Waals surface area contributed by atoms with Crippen LogP contribution in [0, 0.1) is 6.92 Å². The van der Waals surface area contributed by atoms with Crippen LogP contribution in [0.2, 0.25) is 0 Å². The lowest BCUT2D eigenvalue weighted by atomic mass is 10.0. The minimum absolute atomic E-state index is 0.0210. The molecule has 1 heterocycles. The van der Waals surface area contributed by atoms with E-state index < -0.39 is 5.97 Å². The van der Waals surface area contributed by atoms with Gasteiger partial charge in [-0.15, -0.1) is 0 Å². The minimum Gasteiger partial charge on any atom is -0.478 e. The molecule has 1 aromatic rings. The molecule has 1 aliphatic heterocycles. The van der Waals surface area contributed by atoms with Crippen molar-refractivity contribution in [2.45, 2.75) is 45.3 Å². The van der Waals surface area contributed by atoms with Crippen LogP contribution in [-0.4, -0.2) is 35.2 Å². The van der Waals surface area contributed by atoms with Gasteiger partial charge in [0.2, 0.25) is 0 Å². The molecule has 2 N–H and O–H groups in total. The molecule has 1 aromatic carbocycles. The average molecular weight is 291 g/mol. The third-order valence-electron chi connectivity index (χ3n) is 3.63. The third-order valence-corrected chi connectivity index (χ3v) is 3.63. The van der Waals surface area contributed by atoms with Crippen molar-refractivity contribution in [2.24, 2.45) is 0 Å². The molecule has 0 aromatic heterocycles. The number of aromatic carboxylic acids is 1. The summed E-state index contributed by atoms with van der Waals surface area (Å²) in [6.45, 7) is 6.29. The van der Waals surface area contributed by atoms with Gasteiger partial charge >= 0.3 is 5.97 Å². The monoisotopic (exact) mass is 291 g/mol. The Labute approximate surface area is 124 Å². The highest BCUT2D eigenvalue weighted by Crippen LogP contribution is 2.28. The fourth-order valence-corrected chi connectivity index (χ4v) is 2.57. The molecular formula is C16H21NO4. The second-order valence-electron chi connectivity index (χ2n) is 6.14. The van der Waals surface area contributed by atoms with Gasteiger partial charge in [0.1, 0.15) is 0 Å². The maximum absolute atomic E-state index is 12.1. The van der Waals surface area contributed by atoms with Crippen LogP contribution in [0.4, 0.5) is 0 Å². The minimum atomic E-state index is -1.03. The first-order valence-corrected chi connectivity index (χ1v) is 7.08. The standard InChI is InChI=1S/C16H21NO4/c1-10-6-11(8-12(7-10)15(19)20)14(18)17-9-13-4-5-16(2,3)21-13/h6-8,13H,4-5,9H2,1-3H3,(H,17,18)(H,19,20). The third kappa shape index (κ3) is 4.04. The van der Waals surface area contributed by atoms with E-state index in [1.807, 2.05) is 13.8 Å². The van der Waals surface area contributed by atoms with Crippen LogP contribution in [0.1, 0.15) is 53.0 Å². The van der Waals surface area contributed by atoms with E-state index in [1.165, 1.54) is 6.07 Å². The van der Waals surface area contributed by atoms with Crippen molar-refractivity contribution in [2.75, 3.05) is 6.54 Å². The number of carbonyl (C=O) groups is 2. The van der Waals surface area contributed by atoms with Crippen LogP contribution in [0.5, 0.6) is 0 Å². The zero-order chi connectivity index (χ0) is 15.6. The predicted octanol–water partition coefficient (Wildman–Crippen LogP) is 2.38. The number of nitrogens with one attached hydrogen (secondary N) is 1. The lowest BCUT2D eigenvalue weighted by molar-refractivity contribution is -0.0138. The Bertz CT molecular complexity index is 565. The van der Waals surface area contributed by atoms with Crippen LogP contribution < -0.4 is 5.32 Å². The summed E-state index contributed by atoms with van der Waals surface area (Å²) in [5.74, 6) is -1.30. The van der Waals surface area contributed by atoms with Crippen molar-refractivity contribution in [1.82, 2.24) is 5.32 Å². The Morgan fingerprint density at radius 2 is 2.00 bits per heavy atom. The van der Waals surface area contributed by atoms with Gasteiger partial charge in [0.15, 0.2) is 0 Å². The van der Waals surface area contributed by atoms with E-state index in [-0.39, 0.29) is 23.2 Å². The molecule has 1 aliphatic rings. The summed E-state index contributed by atoms with van der Waals surface area (Å²) >= 11 is 0. The lowest BCUT2D eigenvalue weighted by Crippen LogP contribution is -2.33. The second-order valence-corrected chi connectivity index (χ2v) is 6.14. The molecule has 0 radical (unpaired) electrons. The zero-order valence-corrected chi connectivity index (χ0v) is 12.6. The number of hydrogen-bond acceptors (Lipinski definition) is 3. The fraction of sp³-hybridized carbons (Fsp3) is 0.500. The summed E-state index contributed by atoms with van der Waals surface area (Å²) < 4.78 is 5.81. The van der Waals surface area contributed by atoms with Gasteiger partial charge in [-0.3, -0.25) is 4.79 Å². The summed E-state index contributed by atoms with van der Waals surface area (Å²) in [5, 5.41) is 11.8. The molecule has 1 atom stereocenters. The van der Waals surface area contributed by atoms with Crippen molar-refractivity contribution in [1.29, 1.82) is 0 Å². The lowest BCUT2D eigenvalue weighted by Gasteiger charge is -2.19. The quantitative estimate of drug-likeness (QED) is 0.893. The molecule has 1 fully saturated rings. The van der Waals surface area contributed by atoms with Gasteiger partial charge in [-0.05, 0) is 57.4 Å². The SMILES string of the molecule is Cc1cc(C(=O)O)cc(C(=O)NCC2CCC(C)(C)O2)c1. The molecule has 0 bridgehead atoms. The molecule has 21 heavy (non-hydrogen) atoms. The van der Waals surface area contributed by atoms with Gasteiger partial charge in [-0.2, -0.15) is 0 Å². The maximum Gasteiger partial charge on any atom is 0.335 e. The van der Waals surface area contributed by atoms with Gasteiger partial charge < -0.3 is 15.2 Å². The Balaban J connectivity index is 1.99. The highest BCUT2D eigenvalue weighted by Gasteiger charge is 2.31. The number of carbonyl (C=O) groups excluding carboxylic acids is 1. The molecular weight excluding hydrogens is 270 g/mol. The topological polar surface area (TPSA) is 75.6 Å². The summed E-state index contributed by atoms with van der Waals surface area (Å²) in [4.78, 5) is 23.1. The van der Waals surface area contributed by atoms with E-state index in [1.54, 1.807) is 19.1 Å². The fourth-order valence-electron chi connectivity index (χ4n) is 2.57. The molecule has 1 amide bonds. The van der Waals surface area contributed by atoms with Crippen LogP contribution in [0.25, 0.3) is 0 Å². The number of aryl methyl sites for hydroxylation is 1. The molecule has 2 rings (SSSR count). The van der Waals surface area contributed by atoms with Crippen LogP contribution in [0.15, 0.2) is 18.2 Å². The molecule has 114 valence electrons. The van der Waals surface area contributed by atoms with Gasteiger partial charge in [-0.25, -0.2) is 4.79 Å². The smallest absolute Gasteiger partial charge is 0.335 e. The number of carboxylic acid groups (broad SMARTS) is 1. The molecule has 1 unspecified atom stereocenters. The summed E-state index contributed by atoms with van der Waals surface area (Å²) in [5.41, 5.74) is 1.11. The molecule has 0 spiro atoms. The molecule has 1 saturated heterocycles. The van der Waals surface area contributed by atoms with Crippen molar-refractivity contribution in [3.8, 4) is 0 Å². The van der Waals surface area contributed by atoms with E-state index in [0.717, 1.165) is 18.4 Å². The van der Waals surface area contributed by atoms with Crippen LogP contribution in [-0.2, 0) is 4.74 Å². The summed E-state index contributed by atoms with van der Waals surface area (Å²) in [6, 6.07) is 4.62. The zero-order valence-electron chi connectivity index (χ0n) is 12.6. The van der Waals surface area contributed by atoms with Crippen LogP contribution in [0.3, 0.4) is 0 Å². The molecule has 0 saturated carbocycles. The van der Waals surface area contributed by atoms with Gasteiger partial charge in [-0.1, -0.05) is 0 Å². The Hall–Kier alpha value is -1.88. The second kappa shape index (κ2) is 5.85. The van der Waals surface area contributed by atoms with E-state index in [0.29, 0.717) is 12.1 Å². The highest BCUT2D eigenvalue weighted by atomic mass is 16.5. The van der Waals surface area contributed by atoms with Gasteiger partial charge in [0, 0.05) is 12.1 Å². The highest BCUT2D eigenvalue weighted by molar-refractivity contribution is 5.97. The average Bonchev–Trinajstić information content (AvgIpc) is 2.74. The Kier molecular flexibility index (Phi) is 4.32. The number of amides is 1. The van der Waals surface area contributed by atoms with E-state index >= 15 is 0 Å². The molecule has 0 aliphatic carbocycles. The van der Waals surface area contributed by atoms with E-state index in [4.69, 9.17) is 9.84 Å². The van der Waals surface area contributed by atoms with Crippen molar-refractivity contribution >= 4 is 11.9 Å². The van der Waals surface area contributed by atoms with E-state index in [9.17, 15) is 9.59 Å². The van der Waals surface area contributed by atoms with Gasteiger partial charge in [0.05, 0.1) is 17.3 Å². The molecule has 5 heteroatoms. The number of ether oxygens (including phenoxy) is 1. The predicted molar refractivity (Wildman–Crippen MR) is 78.7 cm³/mol. The van der Waals surface area contributed by atoms with E-state index in [2.05, 4.69) is 5.32 Å². The van der Waals surface area contributed by atoms with Crippen molar-refractivity contribution in [3.63, 3.8) is 0 Å². The molecule has 5 nitrogen and oxygen atoms in total. The maximum atomic E-state index is 12.1. The number of hydrogen-bond donors (Lipinski definition) is 2. The first-order valence-electron chi connectivity index (χ1n) is 7.08. The number of benzene rings is 1.